The Kier molecular flexibility index (Phi) is 3.04. The van der Waals surface area contributed by atoms with Crippen molar-refractivity contribution >= 4 is 34.2 Å². The number of benzene rings is 2. The molecule has 0 unspecified atom stereocenters. The fraction of sp³-hybridized carbons (Fsp3) is 0. The van der Waals surface area contributed by atoms with Crippen LogP contribution in [0, 0.1) is 0 Å². The van der Waals surface area contributed by atoms with Crippen LogP contribution in [0.1, 0.15) is 10.4 Å². The van der Waals surface area contributed by atoms with Gasteiger partial charge in [-0.25, -0.2) is 4.79 Å². The van der Waals surface area contributed by atoms with Crippen LogP contribution in [0.2, 0.25) is 5.02 Å². The number of amides is 1. The summed E-state index contributed by atoms with van der Waals surface area (Å²) in [4.78, 5) is 28.5. The van der Waals surface area contributed by atoms with Gasteiger partial charge in [-0.3, -0.25) is 4.79 Å². The second kappa shape index (κ2) is 4.86. The minimum absolute atomic E-state index is 0.283. The number of aromatic nitrogens is 2. The fourth-order valence-corrected chi connectivity index (χ4v) is 2.18. The average molecular weight is 288 g/mol. The lowest BCUT2D eigenvalue weighted by Crippen LogP contribution is -2.12. The summed E-state index contributed by atoms with van der Waals surface area (Å²) in [6, 6.07) is 11.9. The number of fused-ring (bicyclic) bond motifs is 1. The van der Waals surface area contributed by atoms with Crippen LogP contribution in [-0.2, 0) is 0 Å². The summed E-state index contributed by atoms with van der Waals surface area (Å²) >= 11 is 5.97. The molecule has 0 radical (unpaired) electrons. The molecule has 1 aromatic heterocycles. The first-order valence-electron chi connectivity index (χ1n) is 5.91. The van der Waals surface area contributed by atoms with Crippen LogP contribution in [0.25, 0.3) is 11.0 Å². The SMILES string of the molecule is O=C(Nc1ccc2[nH]c(=O)[nH]c2c1)c1ccccc1Cl. The van der Waals surface area contributed by atoms with E-state index in [2.05, 4.69) is 15.3 Å². The molecule has 100 valence electrons. The molecule has 3 rings (SSSR count). The van der Waals surface area contributed by atoms with Crippen molar-refractivity contribution in [3.8, 4) is 0 Å². The molecule has 0 saturated heterocycles. The van der Waals surface area contributed by atoms with E-state index in [0.29, 0.717) is 27.3 Å². The molecule has 1 heterocycles. The van der Waals surface area contributed by atoms with Gasteiger partial charge in [0.1, 0.15) is 0 Å². The minimum atomic E-state index is -0.298. The normalized spacial score (nSPS) is 10.7. The van der Waals surface area contributed by atoms with Crippen LogP contribution in [-0.4, -0.2) is 15.9 Å². The van der Waals surface area contributed by atoms with Crippen LogP contribution in [0.15, 0.2) is 47.3 Å². The molecular weight excluding hydrogens is 278 g/mol. The number of imidazole rings is 1. The molecule has 0 fully saturated rings. The van der Waals surface area contributed by atoms with Crippen molar-refractivity contribution in [2.45, 2.75) is 0 Å². The van der Waals surface area contributed by atoms with Crippen molar-refractivity contribution in [2.75, 3.05) is 5.32 Å². The summed E-state index contributed by atoms with van der Waals surface area (Å²) in [7, 11) is 0. The molecule has 20 heavy (non-hydrogen) atoms. The van der Waals surface area contributed by atoms with Crippen molar-refractivity contribution in [1.29, 1.82) is 0 Å². The predicted molar refractivity (Wildman–Crippen MR) is 78.3 cm³/mol. The molecule has 0 saturated carbocycles. The van der Waals surface area contributed by atoms with E-state index < -0.39 is 0 Å². The molecule has 1 amide bonds. The molecule has 0 aliphatic heterocycles. The lowest BCUT2D eigenvalue weighted by atomic mass is 10.2. The summed E-state index contributed by atoms with van der Waals surface area (Å²) in [6.07, 6.45) is 0. The molecule has 0 aliphatic carbocycles. The predicted octanol–water partition coefficient (Wildman–Crippen LogP) is 2.76. The average Bonchev–Trinajstić information content (AvgIpc) is 2.78. The molecule has 0 aliphatic rings. The number of rotatable bonds is 2. The van der Waals surface area contributed by atoms with Crippen LogP contribution in [0.3, 0.4) is 0 Å². The fourth-order valence-electron chi connectivity index (χ4n) is 1.95. The maximum absolute atomic E-state index is 12.1. The quantitative estimate of drug-likeness (QED) is 0.678. The summed E-state index contributed by atoms with van der Waals surface area (Å²) in [5.74, 6) is -0.298. The Morgan fingerprint density at radius 2 is 1.80 bits per heavy atom. The van der Waals surface area contributed by atoms with E-state index in [-0.39, 0.29) is 11.6 Å². The van der Waals surface area contributed by atoms with E-state index in [0.717, 1.165) is 0 Å². The third-order valence-corrected chi connectivity index (χ3v) is 3.22. The van der Waals surface area contributed by atoms with Gasteiger partial charge < -0.3 is 15.3 Å². The summed E-state index contributed by atoms with van der Waals surface area (Å²) in [5, 5.41) is 3.13. The number of carbonyl (C=O) groups excluding carboxylic acids is 1. The number of nitrogens with one attached hydrogen (secondary N) is 3. The first-order valence-corrected chi connectivity index (χ1v) is 6.29. The van der Waals surface area contributed by atoms with Gasteiger partial charge in [0.15, 0.2) is 0 Å². The molecule has 0 atom stereocenters. The minimum Gasteiger partial charge on any atom is -0.322 e. The van der Waals surface area contributed by atoms with Crippen molar-refractivity contribution in [2.24, 2.45) is 0 Å². The van der Waals surface area contributed by atoms with E-state index in [1.165, 1.54) is 0 Å². The van der Waals surface area contributed by atoms with Crippen molar-refractivity contribution < 1.29 is 4.79 Å². The highest BCUT2D eigenvalue weighted by Gasteiger charge is 2.10. The van der Waals surface area contributed by atoms with Gasteiger partial charge >= 0.3 is 5.69 Å². The first kappa shape index (κ1) is 12.5. The Morgan fingerprint density at radius 3 is 2.60 bits per heavy atom. The van der Waals surface area contributed by atoms with Gasteiger partial charge in [-0.15, -0.1) is 0 Å². The molecule has 0 bridgehead atoms. The molecule has 3 N–H and O–H groups in total. The Balaban J connectivity index is 1.91. The summed E-state index contributed by atoms with van der Waals surface area (Å²) in [6.45, 7) is 0. The van der Waals surface area contributed by atoms with E-state index in [9.17, 15) is 9.59 Å². The molecule has 2 aromatic carbocycles. The standard InChI is InChI=1S/C14H10ClN3O2/c15-10-4-2-1-3-9(10)13(19)16-8-5-6-11-12(7-8)18-14(20)17-11/h1-7H,(H,16,19)(H2,17,18,20). The maximum atomic E-state index is 12.1. The smallest absolute Gasteiger partial charge is 0.322 e. The monoisotopic (exact) mass is 287 g/mol. The second-order valence-corrected chi connectivity index (χ2v) is 4.68. The van der Waals surface area contributed by atoms with Crippen LogP contribution >= 0.6 is 11.6 Å². The third kappa shape index (κ3) is 2.31. The molecular formula is C14H10ClN3O2. The van der Waals surface area contributed by atoms with Gasteiger partial charge in [-0.05, 0) is 30.3 Å². The second-order valence-electron chi connectivity index (χ2n) is 4.27. The zero-order valence-corrected chi connectivity index (χ0v) is 11.0. The van der Waals surface area contributed by atoms with Crippen molar-refractivity contribution in [3.63, 3.8) is 0 Å². The molecule has 0 spiro atoms. The highest BCUT2D eigenvalue weighted by atomic mass is 35.5. The Labute approximate surface area is 118 Å². The van der Waals surface area contributed by atoms with E-state index >= 15 is 0 Å². The molecule has 3 aromatic rings. The van der Waals surface area contributed by atoms with Gasteiger partial charge in [0.25, 0.3) is 5.91 Å². The van der Waals surface area contributed by atoms with Gasteiger partial charge in [0.05, 0.1) is 21.6 Å². The van der Waals surface area contributed by atoms with Crippen LogP contribution in [0.5, 0.6) is 0 Å². The zero-order chi connectivity index (χ0) is 14.1. The topological polar surface area (TPSA) is 77.8 Å². The highest BCUT2D eigenvalue weighted by molar-refractivity contribution is 6.34. The van der Waals surface area contributed by atoms with Crippen molar-refractivity contribution in [1.82, 2.24) is 9.97 Å². The molecule has 6 heteroatoms. The van der Waals surface area contributed by atoms with Gasteiger partial charge in [0.2, 0.25) is 0 Å². The van der Waals surface area contributed by atoms with Crippen molar-refractivity contribution in [3.05, 3.63) is 63.5 Å². The van der Waals surface area contributed by atoms with Crippen LogP contribution < -0.4 is 11.0 Å². The summed E-state index contributed by atoms with van der Waals surface area (Å²) in [5.41, 5.74) is 2.02. The van der Waals surface area contributed by atoms with Gasteiger partial charge in [-0.2, -0.15) is 0 Å². The highest BCUT2D eigenvalue weighted by Crippen LogP contribution is 2.19. The summed E-state index contributed by atoms with van der Waals surface area (Å²) < 4.78 is 0. The Bertz CT molecular complexity index is 851. The van der Waals surface area contributed by atoms with Gasteiger partial charge in [-0.1, -0.05) is 23.7 Å². The molecule has 5 nitrogen and oxygen atoms in total. The van der Waals surface area contributed by atoms with E-state index in [4.69, 9.17) is 11.6 Å². The number of hydrogen-bond donors (Lipinski definition) is 3. The number of carbonyl (C=O) groups is 1. The van der Waals surface area contributed by atoms with Crippen LogP contribution in [0.4, 0.5) is 5.69 Å². The Hall–Kier alpha value is -2.53. The van der Waals surface area contributed by atoms with Gasteiger partial charge in [0, 0.05) is 5.69 Å². The maximum Gasteiger partial charge on any atom is 0.323 e. The third-order valence-electron chi connectivity index (χ3n) is 2.89. The zero-order valence-electron chi connectivity index (χ0n) is 10.2. The largest absolute Gasteiger partial charge is 0.323 e. The van der Waals surface area contributed by atoms with E-state index in [1.807, 2.05) is 0 Å². The number of aromatic amines is 2. The number of halogens is 1. The number of hydrogen-bond acceptors (Lipinski definition) is 2. The Morgan fingerprint density at radius 1 is 1.05 bits per heavy atom. The first-order chi connectivity index (χ1) is 9.63. The lowest BCUT2D eigenvalue weighted by molar-refractivity contribution is 0.102. The van der Waals surface area contributed by atoms with E-state index in [1.54, 1.807) is 42.5 Å². The number of anilines is 1. The lowest BCUT2D eigenvalue weighted by Gasteiger charge is -2.06. The number of H-pyrrole nitrogens is 2.